The monoisotopic (exact) mass is 317 g/mol. The molecule has 2 heterocycles. The standard InChI is InChI=1S/C17H17ClFN3/c18-13-7-4-10-21-17(13)16-12(5-1-2-9-20)11-6-3-8-14(19)15(11)22-16/h3-4,6-8,10,22H,1-2,5,9,20H2. The Balaban J connectivity index is 2.17. The van der Waals surface area contributed by atoms with Gasteiger partial charge in [-0.15, -0.1) is 0 Å². The number of halogens is 2. The molecule has 3 aromatic rings. The van der Waals surface area contributed by atoms with Gasteiger partial charge in [0.25, 0.3) is 0 Å². The Kier molecular flexibility index (Phi) is 4.41. The van der Waals surface area contributed by atoms with E-state index in [9.17, 15) is 4.39 Å². The molecular formula is C17H17ClFN3. The van der Waals surface area contributed by atoms with Gasteiger partial charge in [-0.2, -0.15) is 0 Å². The summed E-state index contributed by atoms with van der Waals surface area (Å²) in [5.74, 6) is -0.268. The van der Waals surface area contributed by atoms with Gasteiger partial charge in [0.15, 0.2) is 0 Å². The first-order chi connectivity index (χ1) is 10.7. The van der Waals surface area contributed by atoms with Gasteiger partial charge in [-0.25, -0.2) is 4.39 Å². The molecule has 0 aliphatic rings. The van der Waals surface area contributed by atoms with Crippen LogP contribution in [0.3, 0.4) is 0 Å². The molecular weight excluding hydrogens is 301 g/mol. The molecule has 0 saturated carbocycles. The van der Waals surface area contributed by atoms with E-state index in [-0.39, 0.29) is 5.82 Å². The number of aromatic amines is 1. The molecule has 0 aliphatic carbocycles. The molecule has 0 amide bonds. The van der Waals surface area contributed by atoms with Crippen LogP contribution in [-0.2, 0) is 6.42 Å². The highest BCUT2D eigenvalue weighted by Gasteiger charge is 2.17. The fraction of sp³-hybridized carbons (Fsp3) is 0.235. The summed E-state index contributed by atoms with van der Waals surface area (Å²) in [5.41, 5.74) is 8.57. The second-order valence-corrected chi connectivity index (χ2v) is 5.63. The van der Waals surface area contributed by atoms with Crippen LogP contribution in [0.1, 0.15) is 18.4 Å². The molecule has 0 unspecified atom stereocenters. The molecule has 2 aromatic heterocycles. The maximum absolute atomic E-state index is 14.1. The van der Waals surface area contributed by atoms with E-state index in [0.29, 0.717) is 22.8 Å². The van der Waals surface area contributed by atoms with E-state index in [1.165, 1.54) is 6.07 Å². The normalized spacial score (nSPS) is 11.2. The lowest BCUT2D eigenvalue weighted by Crippen LogP contribution is -1.99. The predicted molar refractivity (Wildman–Crippen MR) is 88.5 cm³/mol. The van der Waals surface area contributed by atoms with Crippen LogP contribution < -0.4 is 5.73 Å². The van der Waals surface area contributed by atoms with Crippen molar-refractivity contribution >= 4 is 22.5 Å². The Morgan fingerprint density at radius 3 is 2.82 bits per heavy atom. The van der Waals surface area contributed by atoms with Crippen molar-refractivity contribution in [1.82, 2.24) is 9.97 Å². The van der Waals surface area contributed by atoms with Crippen molar-refractivity contribution in [1.29, 1.82) is 0 Å². The number of nitrogens with one attached hydrogen (secondary N) is 1. The van der Waals surface area contributed by atoms with Crippen LogP contribution in [0.5, 0.6) is 0 Å². The van der Waals surface area contributed by atoms with Crippen LogP contribution in [0.25, 0.3) is 22.3 Å². The average Bonchev–Trinajstić information content (AvgIpc) is 2.88. The largest absolute Gasteiger partial charge is 0.351 e. The zero-order chi connectivity index (χ0) is 15.5. The fourth-order valence-electron chi connectivity index (χ4n) is 2.72. The summed E-state index contributed by atoms with van der Waals surface area (Å²) >= 11 is 6.26. The first-order valence-corrected chi connectivity index (χ1v) is 7.70. The second kappa shape index (κ2) is 6.46. The van der Waals surface area contributed by atoms with Crippen molar-refractivity contribution in [2.45, 2.75) is 19.3 Å². The van der Waals surface area contributed by atoms with Crippen molar-refractivity contribution in [3.05, 3.63) is 52.9 Å². The number of nitrogens with two attached hydrogens (primary N) is 1. The van der Waals surface area contributed by atoms with Gasteiger partial charge in [0.2, 0.25) is 0 Å². The molecule has 3 N–H and O–H groups in total. The summed E-state index contributed by atoms with van der Waals surface area (Å²) in [6.45, 7) is 0.649. The van der Waals surface area contributed by atoms with Gasteiger partial charge in [-0.05, 0) is 49.6 Å². The van der Waals surface area contributed by atoms with E-state index in [0.717, 1.165) is 35.9 Å². The highest BCUT2D eigenvalue weighted by molar-refractivity contribution is 6.33. The number of benzene rings is 1. The minimum absolute atomic E-state index is 0.268. The molecule has 114 valence electrons. The summed E-state index contributed by atoms with van der Waals surface area (Å²) in [5, 5.41) is 1.43. The van der Waals surface area contributed by atoms with Gasteiger partial charge >= 0.3 is 0 Å². The molecule has 22 heavy (non-hydrogen) atoms. The smallest absolute Gasteiger partial charge is 0.147 e. The molecule has 0 radical (unpaired) electrons. The molecule has 3 nitrogen and oxygen atoms in total. The second-order valence-electron chi connectivity index (χ2n) is 5.22. The van der Waals surface area contributed by atoms with Crippen LogP contribution in [-0.4, -0.2) is 16.5 Å². The van der Waals surface area contributed by atoms with Crippen molar-refractivity contribution in [2.24, 2.45) is 5.73 Å². The van der Waals surface area contributed by atoms with Gasteiger partial charge < -0.3 is 10.7 Å². The lowest BCUT2D eigenvalue weighted by Gasteiger charge is -2.06. The Hall–Kier alpha value is -1.91. The molecule has 0 spiro atoms. The summed E-state index contributed by atoms with van der Waals surface area (Å²) in [7, 11) is 0. The molecule has 0 bridgehead atoms. The fourth-order valence-corrected chi connectivity index (χ4v) is 2.93. The molecule has 1 aromatic carbocycles. The number of rotatable bonds is 5. The van der Waals surface area contributed by atoms with E-state index >= 15 is 0 Å². The number of hydrogen-bond donors (Lipinski definition) is 2. The van der Waals surface area contributed by atoms with E-state index in [1.54, 1.807) is 24.4 Å². The average molecular weight is 318 g/mol. The van der Waals surface area contributed by atoms with E-state index in [1.807, 2.05) is 6.07 Å². The molecule has 0 atom stereocenters. The lowest BCUT2D eigenvalue weighted by atomic mass is 10.0. The van der Waals surface area contributed by atoms with Crippen molar-refractivity contribution in [3.8, 4) is 11.4 Å². The first-order valence-electron chi connectivity index (χ1n) is 7.32. The summed E-state index contributed by atoms with van der Waals surface area (Å²) < 4.78 is 14.1. The van der Waals surface area contributed by atoms with E-state index < -0.39 is 0 Å². The van der Waals surface area contributed by atoms with Gasteiger partial charge in [0.05, 0.1) is 16.2 Å². The Morgan fingerprint density at radius 2 is 2.05 bits per heavy atom. The topological polar surface area (TPSA) is 54.7 Å². The third-order valence-corrected chi connectivity index (χ3v) is 4.07. The third kappa shape index (κ3) is 2.72. The number of H-pyrrole nitrogens is 1. The summed E-state index contributed by atoms with van der Waals surface area (Å²) in [6.07, 6.45) is 4.37. The summed E-state index contributed by atoms with van der Waals surface area (Å²) in [6, 6.07) is 8.67. The molecule has 0 saturated heterocycles. The summed E-state index contributed by atoms with van der Waals surface area (Å²) in [4.78, 5) is 7.52. The number of aryl methyl sites for hydroxylation is 1. The zero-order valence-corrected chi connectivity index (χ0v) is 12.8. The predicted octanol–water partition coefficient (Wildman–Crippen LogP) is 4.30. The van der Waals surface area contributed by atoms with Gasteiger partial charge in [-0.3, -0.25) is 4.98 Å². The van der Waals surface area contributed by atoms with Crippen molar-refractivity contribution in [2.75, 3.05) is 6.54 Å². The third-order valence-electron chi connectivity index (χ3n) is 3.77. The molecule has 0 fully saturated rings. The van der Waals surface area contributed by atoms with Crippen molar-refractivity contribution in [3.63, 3.8) is 0 Å². The Labute approximate surface area is 133 Å². The lowest BCUT2D eigenvalue weighted by molar-refractivity contribution is 0.637. The minimum Gasteiger partial charge on any atom is -0.351 e. The van der Waals surface area contributed by atoms with Crippen LogP contribution >= 0.6 is 11.6 Å². The number of aromatic nitrogens is 2. The van der Waals surface area contributed by atoms with Crippen LogP contribution in [0.15, 0.2) is 36.5 Å². The Bertz CT molecular complexity index is 798. The van der Waals surface area contributed by atoms with E-state index in [2.05, 4.69) is 9.97 Å². The molecule has 3 rings (SSSR count). The highest BCUT2D eigenvalue weighted by atomic mass is 35.5. The van der Waals surface area contributed by atoms with Gasteiger partial charge in [0.1, 0.15) is 11.5 Å². The van der Waals surface area contributed by atoms with Gasteiger partial charge in [0, 0.05) is 11.6 Å². The zero-order valence-electron chi connectivity index (χ0n) is 12.1. The van der Waals surface area contributed by atoms with Crippen molar-refractivity contribution < 1.29 is 4.39 Å². The molecule has 0 aliphatic heterocycles. The SMILES string of the molecule is NCCCCc1c(-c2ncccc2Cl)[nH]c2c(F)cccc12. The van der Waals surface area contributed by atoms with Crippen LogP contribution in [0, 0.1) is 5.82 Å². The Morgan fingerprint density at radius 1 is 1.18 bits per heavy atom. The molecule has 5 heteroatoms. The highest BCUT2D eigenvalue weighted by Crippen LogP contribution is 2.34. The number of fused-ring (bicyclic) bond motifs is 1. The quantitative estimate of drug-likeness (QED) is 0.689. The number of unbranched alkanes of at least 4 members (excludes halogenated alkanes) is 1. The number of pyridine rings is 1. The van der Waals surface area contributed by atoms with E-state index in [4.69, 9.17) is 17.3 Å². The number of hydrogen-bond acceptors (Lipinski definition) is 2. The maximum Gasteiger partial charge on any atom is 0.147 e. The van der Waals surface area contributed by atoms with Gasteiger partial charge in [-0.1, -0.05) is 23.7 Å². The number of para-hydroxylation sites is 1. The van der Waals surface area contributed by atoms with Crippen LogP contribution in [0.4, 0.5) is 4.39 Å². The first kappa shape index (κ1) is 15.0. The van der Waals surface area contributed by atoms with Crippen LogP contribution in [0.2, 0.25) is 5.02 Å². The minimum atomic E-state index is -0.268. The maximum atomic E-state index is 14.1. The number of nitrogens with zero attached hydrogens (tertiary/aromatic N) is 1.